The molecular weight excluding hydrogens is 528 g/mol. The van der Waals surface area contributed by atoms with E-state index < -0.39 is 30.2 Å². The van der Waals surface area contributed by atoms with Crippen LogP contribution in [0.5, 0.6) is 0 Å². The van der Waals surface area contributed by atoms with Crippen LogP contribution in [-0.4, -0.2) is 78.7 Å². The molecule has 2 atom stereocenters. The van der Waals surface area contributed by atoms with E-state index in [0.29, 0.717) is 32.6 Å². The Balaban J connectivity index is 0.000000289. The van der Waals surface area contributed by atoms with Crippen LogP contribution in [0.25, 0.3) is 0 Å². The number of nitrogens with one attached hydrogen (secondary N) is 1. The number of benzene rings is 2. The largest absolute Gasteiger partial charge is 0.464 e. The van der Waals surface area contributed by atoms with E-state index in [1.54, 1.807) is 20.8 Å². The Morgan fingerprint density at radius 1 is 1.00 bits per heavy atom. The number of carbonyl (C=O) groups is 4. The summed E-state index contributed by atoms with van der Waals surface area (Å²) in [5.74, 6) is -0.578. The monoisotopic (exact) mass is 570 g/mol. The van der Waals surface area contributed by atoms with Gasteiger partial charge < -0.3 is 25.3 Å². The molecule has 1 aliphatic heterocycles. The van der Waals surface area contributed by atoms with Gasteiger partial charge in [0.2, 0.25) is 5.91 Å². The van der Waals surface area contributed by atoms with Crippen LogP contribution in [0.3, 0.4) is 0 Å². The maximum absolute atomic E-state index is 12.2. The summed E-state index contributed by atoms with van der Waals surface area (Å²) in [4.78, 5) is 50.5. The van der Waals surface area contributed by atoms with Crippen molar-refractivity contribution >= 4 is 24.1 Å². The van der Waals surface area contributed by atoms with Crippen molar-refractivity contribution in [3.05, 3.63) is 71.8 Å². The van der Waals surface area contributed by atoms with Gasteiger partial charge in [-0.1, -0.05) is 60.7 Å². The van der Waals surface area contributed by atoms with Crippen LogP contribution in [0, 0.1) is 0 Å². The molecule has 0 saturated carbocycles. The number of nitrogens with two attached hydrogens (primary N) is 1. The van der Waals surface area contributed by atoms with Gasteiger partial charge >= 0.3 is 18.2 Å². The molecule has 1 aliphatic rings. The highest BCUT2D eigenvalue weighted by Gasteiger charge is 2.29. The summed E-state index contributed by atoms with van der Waals surface area (Å²) in [6.07, 6.45) is 0.354. The van der Waals surface area contributed by atoms with Crippen molar-refractivity contribution in [3.8, 4) is 0 Å². The van der Waals surface area contributed by atoms with Crippen molar-refractivity contribution in [1.29, 1.82) is 0 Å². The molecule has 0 spiro atoms. The van der Waals surface area contributed by atoms with Gasteiger partial charge in [-0.3, -0.25) is 14.6 Å². The zero-order valence-corrected chi connectivity index (χ0v) is 24.1. The molecule has 1 heterocycles. The summed E-state index contributed by atoms with van der Waals surface area (Å²) in [6.45, 7) is 7.64. The molecular formula is C30H42N4O7. The van der Waals surface area contributed by atoms with Crippen LogP contribution in [0.15, 0.2) is 60.7 Å². The maximum Gasteiger partial charge on any atom is 0.410 e. The molecule has 224 valence electrons. The number of hydrogen-bond donors (Lipinski definition) is 2. The third-order valence-corrected chi connectivity index (χ3v) is 6.30. The fraction of sp³-hybridized carbons (Fsp3) is 0.467. The third-order valence-electron chi connectivity index (χ3n) is 6.30. The smallest absolute Gasteiger partial charge is 0.410 e. The highest BCUT2D eigenvalue weighted by Crippen LogP contribution is 2.10. The van der Waals surface area contributed by atoms with Crippen molar-refractivity contribution in [1.82, 2.24) is 15.1 Å². The fourth-order valence-electron chi connectivity index (χ4n) is 3.89. The number of ether oxygens (including phenoxy) is 3. The number of carbonyl (C=O) groups excluding carboxylic acids is 4. The van der Waals surface area contributed by atoms with Crippen LogP contribution in [0.2, 0.25) is 0 Å². The van der Waals surface area contributed by atoms with Gasteiger partial charge in [0.05, 0.1) is 6.61 Å². The van der Waals surface area contributed by atoms with Gasteiger partial charge in [0.25, 0.3) is 0 Å². The summed E-state index contributed by atoms with van der Waals surface area (Å²) in [7, 11) is 0. The molecule has 3 N–H and O–H groups in total. The van der Waals surface area contributed by atoms with Crippen molar-refractivity contribution in [3.63, 3.8) is 0 Å². The minimum atomic E-state index is -0.699. The summed E-state index contributed by atoms with van der Waals surface area (Å²) >= 11 is 0. The Kier molecular flexibility index (Phi) is 14.7. The SMILES string of the molecule is CC1C(=O)NCCCN1C(=O)OCc1ccccc1.CCOC(=O)C(C)N(CCCN)C(=O)OCc1ccccc1. The molecule has 0 bridgehead atoms. The zero-order valence-electron chi connectivity index (χ0n) is 24.1. The maximum atomic E-state index is 12.2. The van der Waals surface area contributed by atoms with Crippen LogP contribution in [-0.2, 0) is 37.0 Å². The van der Waals surface area contributed by atoms with Crippen LogP contribution >= 0.6 is 0 Å². The summed E-state index contributed by atoms with van der Waals surface area (Å²) in [5, 5.41) is 2.76. The summed E-state index contributed by atoms with van der Waals surface area (Å²) < 4.78 is 15.5. The van der Waals surface area contributed by atoms with E-state index in [0.717, 1.165) is 17.5 Å². The van der Waals surface area contributed by atoms with Crippen LogP contribution in [0.4, 0.5) is 9.59 Å². The van der Waals surface area contributed by atoms with E-state index in [1.165, 1.54) is 9.80 Å². The Labute approximate surface area is 241 Å². The van der Waals surface area contributed by atoms with E-state index in [-0.39, 0.29) is 25.7 Å². The number of rotatable bonds is 10. The lowest BCUT2D eigenvalue weighted by molar-refractivity contribution is -0.148. The molecule has 3 amide bonds. The summed E-state index contributed by atoms with van der Waals surface area (Å²) in [6, 6.07) is 17.7. The van der Waals surface area contributed by atoms with Crippen molar-refractivity contribution in [2.75, 3.05) is 32.8 Å². The quantitative estimate of drug-likeness (QED) is 0.327. The average molecular weight is 571 g/mol. The number of esters is 1. The molecule has 0 aliphatic carbocycles. The number of nitrogens with zero attached hydrogens (tertiary/aromatic N) is 2. The number of amides is 3. The second kappa shape index (κ2) is 18.3. The second-order valence-corrected chi connectivity index (χ2v) is 9.36. The molecule has 2 aromatic carbocycles. The zero-order chi connectivity index (χ0) is 30.0. The Morgan fingerprint density at radius 3 is 2.15 bits per heavy atom. The molecule has 3 rings (SSSR count). The predicted molar refractivity (Wildman–Crippen MR) is 154 cm³/mol. The average Bonchev–Trinajstić information content (AvgIpc) is 3.16. The molecule has 1 fully saturated rings. The Morgan fingerprint density at radius 2 is 1.59 bits per heavy atom. The lowest BCUT2D eigenvalue weighted by Gasteiger charge is -2.26. The Hall–Kier alpha value is -4.12. The van der Waals surface area contributed by atoms with E-state index in [4.69, 9.17) is 19.9 Å². The standard InChI is InChI=1S/C16H24N2O4.C14H18N2O3/c1-3-21-15(19)13(2)18(11-7-10-17)16(20)22-12-14-8-5-4-6-9-14;1-11-13(17)15-8-5-9-16(11)14(18)19-10-12-6-3-2-4-7-12/h4-6,8-9,13H,3,7,10-12,17H2,1-2H3;2-4,6-7,11H,5,8-10H2,1H3,(H,15,17). The molecule has 2 aromatic rings. The number of hydrogen-bond acceptors (Lipinski definition) is 8. The van der Waals surface area contributed by atoms with E-state index >= 15 is 0 Å². The summed E-state index contributed by atoms with van der Waals surface area (Å²) in [5.41, 5.74) is 7.30. The Bertz CT molecular complexity index is 1080. The molecule has 11 heteroatoms. The predicted octanol–water partition coefficient (Wildman–Crippen LogP) is 3.46. The lowest BCUT2D eigenvalue weighted by Crippen LogP contribution is -2.45. The molecule has 1 saturated heterocycles. The van der Waals surface area contributed by atoms with Crippen molar-refractivity contribution in [2.24, 2.45) is 5.73 Å². The highest BCUT2D eigenvalue weighted by atomic mass is 16.6. The first-order valence-electron chi connectivity index (χ1n) is 13.9. The minimum Gasteiger partial charge on any atom is -0.464 e. The van der Waals surface area contributed by atoms with Gasteiger partial charge in [-0.25, -0.2) is 14.4 Å². The van der Waals surface area contributed by atoms with Gasteiger partial charge in [0.1, 0.15) is 25.3 Å². The third kappa shape index (κ3) is 11.5. The van der Waals surface area contributed by atoms with Crippen LogP contribution in [0.1, 0.15) is 44.7 Å². The van der Waals surface area contributed by atoms with Gasteiger partial charge in [-0.15, -0.1) is 0 Å². The van der Waals surface area contributed by atoms with E-state index in [1.807, 2.05) is 60.7 Å². The topological polar surface area (TPSA) is 140 Å². The first kappa shape index (κ1) is 33.1. The normalized spacial score (nSPS) is 15.3. The lowest BCUT2D eigenvalue weighted by atomic mass is 10.2. The van der Waals surface area contributed by atoms with Gasteiger partial charge in [-0.05, 0) is 51.3 Å². The fourth-order valence-corrected chi connectivity index (χ4v) is 3.89. The first-order valence-corrected chi connectivity index (χ1v) is 13.9. The van der Waals surface area contributed by atoms with Crippen molar-refractivity contribution in [2.45, 2.75) is 58.9 Å². The van der Waals surface area contributed by atoms with Crippen LogP contribution < -0.4 is 11.1 Å². The van der Waals surface area contributed by atoms with Gasteiger partial charge in [0, 0.05) is 19.6 Å². The van der Waals surface area contributed by atoms with Gasteiger partial charge in [0.15, 0.2) is 0 Å². The minimum absolute atomic E-state index is 0.130. The van der Waals surface area contributed by atoms with Crippen molar-refractivity contribution < 1.29 is 33.4 Å². The molecule has 11 nitrogen and oxygen atoms in total. The highest BCUT2D eigenvalue weighted by molar-refractivity contribution is 5.85. The molecule has 41 heavy (non-hydrogen) atoms. The van der Waals surface area contributed by atoms with E-state index in [9.17, 15) is 19.2 Å². The molecule has 0 aromatic heterocycles. The van der Waals surface area contributed by atoms with E-state index in [2.05, 4.69) is 5.32 Å². The molecule has 2 unspecified atom stereocenters. The molecule has 0 radical (unpaired) electrons. The second-order valence-electron chi connectivity index (χ2n) is 9.36. The van der Waals surface area contributed by atoms with Gasteiger partial charge in [-0.2, -0.15) is 0 Å². The first-order chi connectivity index (χ1) is 19.8.